The summed E-state index contributed by atoms with van der Waals surface area (Å²) in [6, 6.07) is 5.36. The first-order valence-electron chi connectivity index (χ1n) is 6.79. The summed E-state index contributed by atoms with van der Waals surface area (Å²) < 4.78 is 1.79. The molecule has 3 heterocycles. The molecule has 2 aromatic rings. The summed E-state index contributed by atoms with van der Waals surface area (Å²) in [6.45, 7) is 5.46. The van der Waals surface area contributed by atoms with Crippen LogP contribution in [0.4, 0.5) is 0 Å². The van der Waals surface area contributed by atoms with Gasteiger partial charge in [0.15, 0.2) is 11.0 Å². The van der Waals surface area contributed by atoms with Crippen molar-refractivity contribution < 1.29 is 5.11 Å². The fourth-order valence-electron chi connectivity index (χ4n) is 2.89. The second kappa shape index (κ2) is 5.02. The van der Waals surface area contributed by atoms with Crippen LogP contribution in [0.1, 0.15) is 31.5 Å². The Morgan fingerprint density at radius 1 is 1.37 bits per heavy atom. The number of rotatable bonds is 2. The van der Waals surface area contributed by atoms with Crippen LogP contribution in [0.25, 0.3) is 5.52 Å². The monoisotopic (exact) mass is 279 g/mol. The normalized spacial score (nSPS) is 18.2. The van der Waals surface area contributed by atoms with E-state index in [0.717, 1.165) is 43.8 Å². The van der Waals surface area contributed by atoms with Gasteiger partial charge in [-0.2, -0.15) is 0 Å². The number of fused-ring (bicyclic) bond motifs is 1. The second-order valence-electron chi connectivity index (χ2n) is 5.07. The third kappa shape index (κ3) is 2.19. The van der Waals surface area contributed by atoms with Crippen LogP contribution in [-0.4, -0.2) is 39.0 Å². The zero-order valence-electron chi connectivity index (χ0n) is 11.0. The van der Waals surface area contributed by atoms with E-state index in [1.165, 1.54) is 0 Å². The minimum Gasteiger partial charge on any atom is -0.494 e. The van der Waals surface area contributed by atoms with Gasteiger partial charge in [0, 0.05) is 5.92 Å². The molecule has 3 rings (SSSR count). The number of nitrogens with zero attached hydrogens (tertiary/aromatic N) is 3. The average Bonchev–Trinajstić information content (AvgIpc) is 2.78. The molecular formula is C14H18ClN3O. The largest absolute Gasteiger partial charge is 0.494 e. The lowest BCUT2D eigenvalue weighted by Gasteiger charge is -2.30. The van der Waals surface area contributed by atoms with Crippen molar-refractivity contribution in [2.75, 3.05) is 19.6 Å². The van der Waals surface area contributed by atoms with Crippen molar-refractivity contribution in [2.45, 2.75) is 25.7 Å². The molecule has 19 heavy (non-hydrogen) atoms. The predicted octanol–water partition coefficient (Wildman–Crippen LogP) is 2.89. The second-order valence-corrected chi connectivity index (χ2v) is 5.43. The number of aromatic nitrogens is 2. The van der Waals surface area contributed by atoms with Crippen molar-refractivity contribution in [3.05, 3.63) is 29.2 Å². The standard InChI is InChI=1S/C14H18ClN3O/c1-2-17-8-6-10(7-9-17)14-16-13(15)11-4-3-5-12(19)18(11)14/h3-5,10,19H,2,6-9H2,1H3. The fourth-order valence-corrected chi connectivity index (χ4v) is 3.12. The van der Waals surface area contributed by atoms with Crippen molar-refractivity contribution in [1.29, 1.82) is 0 Å². The van der Waals surface area contributed by atoms with Crippen LogP contribution in [0.5, 0.6) is 5.88 Å². The number of likely N-dealkylation sites (tertiary alicyclic amines) is 1. The summed E-state index contributed by atoms with van der Waals surface area (Å²) >= 11 is 6.17. The molecule has 1 aliphatic heterocycles. The SMILES string of the molecule is CCN1CCC(c2nc(Cl)c3cccc(O)n23)CC1. The van der Waals surface area contributed by atoms with Crippen LogP contribution in [0.2, 0.25) is 5.15 Å². The Hall–Kier alpha value is -1.26. The molecule has 0 spiro atoms. The minimum atomic E-state index is 0.213. The Balaban J connectivity index is 1.97. The number of aromatic hydroxyl groups is 1. The van der Waals surface area contributed by atoms with Crippen LogP contribution < -0.4 is 0 Å². The van der Waals surface area contributed by atoms with Gasteiger partial charge in [-0.3, -0.25) is 4.40 Å². The maximum Gasteiger partial charge on any atom is 0.197 e. The molecule has 1 fully saturated rings. The molecule has 0 bridgehead atoms. The summed E-state index contributed by atoms with van der Waals surface area (Å²) in [7, 11) is 0. The molecule has 0 atom stereocenters. The van der Waals surface area contributed by atoms with Crippen LogP contribution in [0.15, 0.2) is 18.2 Å². The first-order valence-corrected chi connectivity index (χ1v) is 7.16. The van der Waals surface area contributed by atoms with E-state index in [1.54, 1.807) is 16.5 Å². The summed E-state index contributed by atoms with van der Waals surface area (Å²) in [5.41, 5.74) is 0.787. The number of piperidine rings is 1. The molecular weight excluding hydrogens is 262 g/mol. The van der Waals surface area contributed by atoms with Gasteiger partial charge in [-0.15, -0.1) is 0 Å². The lowest BCUT2D eigenvalue weighted by Crippen LogP contribution is -2.33. The van der Waals surface area contributed by atoms with Gasteiger partial charge in [-0.05, 0) is 44.6 Å². The summed E-state index contributed by atoms with van der Waals surface area (Å²) in [5, 5.41) is 10.5. The van der Waals surface area contributed by atoms with Gasteiger partial charge in [0.2, 0.25) is 0 Å². The maximum absolute atomic E-state index is 10.0. The molecule has 0 aliphatic carbocycles. The lowest BCUT2D eigenvalue weighted by molar-refractivity contribution is 0.218. The van der Waals surface area contributed by atoms with E-state index >= 15 is 0 Å². The Labute approximate surface area is 117 Å². The quantitative estimate of drug-likeness (QED) is 0.919. The molecule has 5 heteroatoms. The fraction of sp³-hybridized carbons (Fsp3) is 0.500. The van der Waals surface area contributed by atoms with E-state index in [2.05, 4.69) is 16.8 Å². The number of imidazole rings is 1. The molecule has 0 aromatic carbocycles. The first-order chi connectivity index (χ1) is 9.20. The molecule has 0 amide bonds. The highest BCUT2D eigenvalue weighted by molar-refractivity contribution is 6.32. The van der Waals surface area contributed by atoms with Crippen LogP contribution in [-0.2, 0) is 0 Å². The summed E-state index contributed by atoms with van der Waals surface area (Å²) in [4.78, 5) is 6.91. The zero-order valence-corrected chi connectivity index (χ0v) is 11.8. The van der Waals surface area contributed by atoms with Gasteiger partial charge in [0.25, 0.3) is 0 Å². The predicted molar refractivity (Wildman–Crippen MR) is 76.0 cm³/mol. The minimum absolute atomic E-state index is 0.213. The van der Waals surface area contributed by atoms with Gasteiger partial charge in [0.1, 0.15) is 5.82 Å². The van der Waals surface area contributed by atoms with E-state index < -0.39 is 0 Å². The van der Waals surface area contributed by atoms with Gasteiger partial charge in [-0.1, -0.05) is 24.6 Å². The highest BCUT2D eigenvalue weighted by atomic mass is 35.5. The molecule has 1 N–H and O–H groups in total. The van der Waals surface area contributed by atoms with Crippen molar-refractivity contribution in [3.63, 3.8) is 0 Å². The smallest absolute Gasteiger partial charge is 0.197 e. The van der Waals surface area contributed by atoms with Gasteiger partial charge < -0.3 is 10.0 Å². The van der Waals surface area contributed by atoms with E-state index in [0.29, 0.717) is 11.1 Å². The van der Waals surface area contributed by atoms with E-state index in [9.17, 15) is 5.11 Å². The zero-order chi connectivity index (χ0) is 13.4. The van der Waals surface area contributed by atoms with Gasteiger partial charge in [0.05, 0.1) is 5.52 Å². The highest BCUT2D eigenvalue weighted by Crippen LogP contribution is 2.32. The molecule has 0 radical (unpaired) electrons. The number of pyridine rings is 1. The molecule has 1 aliphatic rings. The Morgan fingerprint density at radius 2 is 2.11 bits per heavy atom. The van der Waals surface area contributed by atoms with E-state index in [1.807, 2.05) is 6.07 Å². The third-order valence-corrected chi connectivity index (χ3v) is 4.30. The van der Waals surface area contributed by atoms with Crippen molar-refractivity contribution in [3.8, 4) is 5.88 Å². The van der Waals surface area contributed by atoms with E-state index in [-0.39, 0.29) is 5.88 Å². The maximum atomic E-state index is 10.0. The summed E-state index contributed by atoms with van der Waals surface area (Å²) in [5.74, 6) is 1.48. The molecule has 0 saturated carbocycles. The highest BCUT2D eigenvalue weighted by Gasteiger charge is 2.25. The van der Waals surface area contributed by atoms with Crippen LogP contribution >= 0.6 is 11.6 Å². The molecule has 0 unspecified atom stereocenters. The molecule has 4 nitrogen and oxygen atoms in total. The third-order valence-electron chi connectivity index (χ3n) is 4.02. The number of halogens is 1. The molecule has 1 saturated heterocycles. The van der Waals surface area contributed by atoms with Crippen molar-refractivity contribution >= 4 is 17.1 Å². The van der Waals surface area contributed by atoms with Gasteiger partial charge >= 0.3 is 0 Å². The number of hydrogen-bond donors (Lipinski definition) is 1. The molecule has 102 valence electrons. The number of hydrogen-bond acceptors (Lipinski definition) is 3. The van der Waals surface area contributed by atoms with Crippen LogP contribution in [0.3, 0.4) is 0 Å². The lowest BCUT2D eigenvalue weighted by atomic mass is 9.96. The van der Waals surface area contributed by atoms with Crippen molar-refractivity contribution in [2.24, 2.45) is 0 Å². The summed E-state index contributed by atoms with van der Waals surface area (Å²) in [6.07, 6.45) is 2.13. The Morgan fingerprint density at radius 3 is 2.79 bits per heavy atom. The van der Waals surface area contributed by atoms with Crippen LogP contribution in [0, 0.1) is 0 Å². The average molecular weight is 280 g/mol. The first kappa shape index (κ1) is 12.8. The molecule has 2 aromatic heterocycles. The van der Waals surface area contributed by atoms with E-state index in [4.69, 9.17) is 11.6 Å². The Kier molecular flexibility index (Phi) is 3.37. The Bertz CT molecular complexity index is 588. The van der Waals surface area contributed by atoms with Gasteiger partial charge in [-0.25, -0.2) is 4.98 Å². The van der Waals surface area contributed by atoms with Crippen molar-refractivity contribution in [1.82, 2.24) is 14.3 Å². The topological polar surface area (TPSA) is 40.8 Å².